The predicted octanol–water partition coefficient (Wildman–Crippen LogP) is 3.51. The molecule has 58 valence electrons. The molecule has 0 aromatic heterocycles. The summed E-state index contributed by atoms with van der Waals surface area (Å²) in [5.41, 5.74) is 5.28. The van der Waals surface area contributed by atoms with Crippen molar-refractivity contribution < 1.29 is 0 Å². The third-order valence-corrected chi connectivity index (χ3v) is 1.79. The van der Waals surface area contributed by atoms with E-state index in [1.54, 1.807) is 0 Å². The lowest BCUT2D eigenvalue weighted by atomic mass is 10.1. The van der Waals surface area contributed by atoms with Gasteiger partial charge in [0.1, 0.15) is 0 Å². The van der Waals surface area contributed by atoms with E-state index in [1.165, 1.54) is 22.2 Å². The first-order valence-corrected chi connectivity index (χ1v) is 4.01. The largest absolute Gasteiger partial charge is 0.0929 e. The van der Waals surface area contributed by atoms with E-state index in [9.17, 15) is 0 Å². The van der Waals surface area contributed by atoms with E-state index in [-0.39, 0.29) is 0 Å². The zero-order valence-electron chi connectivity index (χ0n) is 6.76. The van der Waals surface area contributed by atoms with E-state index in [0.717, 1.165) is 0 Å². The Kier molecular flexibility index (Phi) is 2.72. The van der Waals surface area contributed by atoms with Crippen molar-refractivity contribution in [3.8, 4) is 0 Å². The van der Waals surface area contributed by atoms with Crippen LogP contribution in [-0.2, 0) is 0 Å². The van der Waals surface area contributed by atoms with E-state index < -0.39 is 0 Å². The number of hydrogen-bond donors (Lipinski definition) is 0. The smallest absolute Gasteiger partial charge is 0.00485 e. The molecule has 0 aliphatic carbocycles. The van der Waals surface area contributed by atoms with Crippen molar-refractivity contribution in [2.45, 2.75) is 13.8 Å². The van der Waals surface area contributed by atoms with Crippen LogP contribution in [0.1, 0.15) is 16.7 Å². The van der Waals surface area contributed by atoms with Crippen LogP contribution in [0.4, 0.5) is 0 Å². The van der Waals surface area contributed by atoms with Gasteiger partial charge in [-0.25, -0.2) is 0 Å². The second-order valence-corrected chi connectivity index (χ2v) is 2.90. The maximum absolute atomic E-state index is 5.47. The third kappa shape index (κ3) is 2.09. The highest BCUT2D eigenvalue weighted by Gasteiger charge is 1.92. The Morgan fingerprint density at radius 1 is 1.27 bits per heavy atom. The van der Waals surface area contributed by atoms with Crippen LogP contribution in [0.5, 0.6) is 0 Å². The first-order chi connectivity index (χ1) is 5.24. The SMILES string of the molecule is Cc1ccc(/C=C/Cl)c(C)c1. The number of halogens is 1. The molecule has 1 aromatic rings. The van der Waals surface area contributed by atoms with Crippen molar-refractivity contribution >= 4 is 17.7 Å². The fraction of sp³-hybridized carbons (Fsp3) is 0.200. The Balaban J connectivity index is 3.09. The van der Waals surface area contributed by atoms with Crippen LogP contribution in [0.15, 0.2) is 23.7 Å². The van der Waals surface area contributed by atoms with Gasteiger partial charge in [-0.1, -0.05) is 35.4 Å². The number of rotatable bonds is 1. The molecule has 0 amide bonds. The molecule has 1 rings (SSSR count). The van der Waals surface area contributed by atoms with Crippen LogP contribution < -0.4 is 0 Å². The third-order valence-electron chi connectivity index (χ3n) is 1.67. The molecule has 0 N–H and O–H groups in total. The lowest BCUT2D eigenvalue weighted by Crippen LogP contribution is -1.80. The van der Waals surface area contributed by atoms with Crippen LogP contribution >= 0.6 is 11.6 Å². The Hall–Kier alpha value is -0.750. The average Bonchev–Trinajstić information content (AvgIpc) is 1.95. The predicted molar refractivity (Wildman–Crippen MR) is 50.8 cm³/mol. The molecular formula is C10H11Cl. The van der Waals surface area contributed by atoms with E-state index in [2.05, 4.69) is 32.0 Å². The van der Waals surface area contributed by atoms with Gasteiger partial charge >= 0.3 is 0 Å². The van der Waals surface area contributed by atoms with E-state index >= 15 is 0 Å². The summed E-state index contributed by atoms with van der Waals surface area (Å²) in [7, 11) is 0. The van der Waals surface area contributed by atoms with Gasteiger partial charge in [0.15, 0.2) is 0 Å². The van der Waals surface area contributed by atoms with Gasteiger partial charge in [-0.2, -0.15) is 0 Å². The molecule has 1 heteroatoms. The van der Waals surface area contributed by atoms with Crippen LogP contribution in [0, 0.1) is 13.8 Å². The first-order valence-electron chi connectivity index (χ1n) is 3.58. The Morgan fingerprint density at radius 2 is 2.00 bits per heavy atom. The van der Waals surface area contributed by atoms with E-state index in [4.69, 9.17) is 11.6 Å². The number of aryl methyl sites for hydroxylation is 2. The van der Waals surface area contributed by atoms with Gasteiger partial charge in [0.05, 0.1) is 0 Å². The monoisotopic (exact) mass is 166 g/mol. The summed E-state index contributed by atoms with van der Waals surface area (Å²) in [5, 5.41) is 0. The molecule has 0 heterocycles. The van der Waals surface area contributed by atoms with Gasteiger partial charge in [0.25, 0.3) is 0 Å². The van der Waals surface area contributed by atoms with Crippen molar-refractivity contribution in [2.24, 2.45) is 0 Å². The summed E-state index contributed by atoms with van der Waals surface area (Å²) in [6.07, 6.45) is 1.90. The molecule has 11 heavy (non-hydrogen) atoms. The van der Waals surface area contributed by atoms with Gasteiger partial charge in [0, 0.05) is 5.54 Å². The molecule has 0 aliphatic heterocycles. The maximum Gasteiger partial charge on any atom is 0.00485 e. The highest BCUT2D eigenvalue weighted by molar-refractivity contribution is 6.27. The van der Waals surface area contributed by atoms with Crippen molar-refractivity contribution in [1.29, 1.82) is 0 Å². The molecule has 0 unspecified atom stereocenters. The van der Waals surface area contributed by atoms with Crippen molar-refractivity contribution in [2.75, 3.05) is 0 Å². The molecule has 0 spiro atoms. The van der Waals surface area contributed by atoms with Crippen molar-refractivity contribution in [3.63, 3.8) is 0 Å². The number of benzene rings is 1. The fourth-order valence-corrected chi connectivity index (χ4v) is 1.22. The minimum Gasteiger partial charge on any atom is -0.0929 e. The minimum absolute atomic E-state index is 1.19. The molecule has 0 aliphatic rings. The molecule has 0 bridgehead atoms. The van der Waals surface area contributed by atoms with Crippen LogP contribution in [0.25, 0.3) is 6.08 Å². The summed E-state index contributed by atoms with van der Waals surface area (Å²) in [6, 6.07) is 6.30. The Bertz CT molecular complexity index is 274. The number of hydrogen-bond acceptors (Lipinski definition) is 0. The summed E-state index contributed by atoms with van der Waals surface area (Å²) in [6.45, 7) is 4.17. The normalized spacial score (nSPS) is 10.8. The standard InChI is InChI=1S/C10H11Cl/c1-8-3-4-10(5-6-11)9(2)7-8/h3-7H,1-2H3/b6-5+. The van der Waals surface area contributed by atoms with Crippen molar-refractivity contribution in [3.05, 3.63) is 40.4 Å². The van der Waals surface area contributed by atoms with Crippen LogP contribution in [0.3, 0.4) is 0 Å². The summed E-state index contributed by atoms with van der Waals surface area (Å²) < 4.78 is 0. The maximum atomic E-state index is 5.47. The van der Waals surface area contributed by atoms with Gasteiger partial charge in [-0.15, -0.1) is 0 Å². The molecule has 1 aromatic carbocycles. The van der Waals surface area contributed by atoms with Gasteiger partial charge in [-0.05, 0) is 31.1 Å². The molecular weight excluding hydrogens is 156 g/mol. The van der Waals surface area contributed by atoms with E-state index in [1.807, 2.05) is 6.08 Å². The summed E-state index contributed by atoms with van der Waals surface area (Å²) in [4.78, 5) is 0. The zero-order valence-corrected chi connectivity index (χ0v) is 7.52. The quantitative estimate of drug-likeness (QED) is 0.599. The van der Waals surface area contributed by atoms with Gasteiger partial charge < -0.3 is 0 Å². The topological polar surface area (TPSA) is 0 Å². The van der Waals surface area contributed by atoms with Gasteiger partial charge in [0.2, 0.25) is 0 Å². The van der Waals surface area contributed by atoms with E-state index in [0.29, 0.717) is 0 Å². The lowest BCUT2D eigenvalue weighted by molar-refractivity contribution is 1.37. The minimum atomic E-state index is 1.19. The highest BCUT2D eigenvalue weighted by atomic mass is 35.5. The highest BCUT2D eigenvalue weighted by Crippen LogP contribution is 2.12. The Labute approximate surface area is 72.5 Å². The van der Waals surface area contributed by atoms with Crippen LogP contribution in [0.2, 0.25) is 0 Å². The zero-order chi connectivity index (χ0) is 8.27. The molecule has 0 saturated heterocycles. The molecule has 0 nitrogen and oxygen atoms in total. The van der Waals surface area contributed by atoms with Crippen LogP contribution in [-0.4, -0.2) is 0 Å². The molecule has 0 saturated carbocycles. The second-order valence-electron chi connectivity index (χ2n) is 2.65. The first kappa shape index (κ1) is 8.35. The fourth-order valence-electron chi connectivity index (χ4n) is 1.08. The summed E-state index contributed by atoms with van der Waals surface area (Å²) >= 11 is 5.47. The Morgan fingerprint density at radius 3 is 2.55 bits per heavy atom. The molecule has 0 atom stereocenters. The lowest BCUT2D eigenvalue weighted by Gasteiger charge is -1.99. The van der Waals surface area contributed by atoms with Crippen molar-refractivity contribution in [1.82, 2.24) is 0 Å². The summed E-state index contributed by atoms with van der Waals surface area (Å²) in [5.74, 6) is 0. The molecule has 0 radical (unpaired) electrons. The molecule has 0 fully saturated rings. The van der Waals surface area contributed by atoms with Gasteiger partial charge in [-0.3, -0.25) is 0 Å². The average molecular weight is 167 g/mol. The second kappa shape index (κ2) is 3.59.